The molecule has 0 aromatic carbocycles. The van der Waals surface area contributed by atoms with Crippen molar-refractivity contribution in [1.29, 1.82) is 0 Å². The summed E-state index contributed by atoms with van der Waals surface area (Å²) in [4.78, 5) is 11.0. The number of carboxylic acid groups (broad SMARTS) is 1. The van der Waals surface area contributed by atoms with Gasteiger partial charge in [-0.1, -0.05) is 26.7 Å². The molecule has 5 unspecified atom stereocenters. The van der Waals surface area contributed by atoms with Gasteiger partial charge in [0.1, 0.15) is 0 Å². The fraction of sp³-hybridized carbons (Fsp3) is 0.917. The van der Waals surface area contributed by atoms with E-state index in [1.807, 2.05) is 0 Å². The van der Waals surface area contributed by atoms with Gasteiger partial charge in [0.2, 0.25) is 0 Å². The van der Waals surface area contributed by atoms with Gasteiger partial charge in [-0.3, -0.25) is 4.79 Å². The van der Waals surface area contributed by atoms with Crippen LogP contribution in [0.1, 0.15) is 39.5 Å². The van der Waals surface area contributed by atoms with E-state index in [0.29, 0.717) is 11.8 Å². The maximum absolute atomic E-state index is 11.0. The highest BCUT2D eigenvalue weighted by Crippen LogP contribution is 2.57. The topological polar surface area (TPSA) is 37.3 Å². The molecule has 2 bridgehead atoms. The fourth-order valence-electron chi connectivity index (χ4n) is 4.13. The first-order chi connectivity index (χ1) is 6.69. The summed E-state index contributed by atoms with van der Waals surface area (Å²) in [6.07, 6.45) is 4.55. The lowest BCUT2D eigenvalue weighted by atomic mass is 9.72. The van der Waals surface area contributed by atoms with Crippen LogP contribution in [0.2, 0.25) is 0 Å². The highest BCUT2D eigenvalue weighted by Gasteiger charge is 2.53. The molecule has 2 heteroatoms. The summed E-state index contributed by atoms with van der Waals surface area (Å²) in [6, 6.07) is 0. The SMILES string of the molecule is CCC1C2CC(C(=O)O)C(C2)C1CC. The average molecular weight is 196 g/mol. The van der Waals surface area contributed by atoms with E-state index in [4.69, 9.17) is 5.11 Å². The number of hydrogen-bond acceptors (Lipinski definition) is 1. The predicted molar refractivity (Wildman–Crippen MR) is 54.9 cm³/mol. The lowest BCUT2D eigenvalue weighted by Gasteiger charge is -2.33. The molecule has 0 aliphatic heterocycles. The minimum absolute atomic E-state index is 0.0206. The number of hydrogen-bond donors (Lipinski definition) is 1. The molecule has 2 aliphatic carbocycles. The third-order valence-electron chi connectivity index (χ3n) is 4.61. The van der Waals surface area contributed by atoms with Crippen molar-refractivity contribution < 1.29 is 9.90 Å². The molecule has 2 rings (SSSR count). The summed E-state index contributed by atoms with van der Waals surface area (Å²) in [6.45, 7) is 4.47. The average Bonchev–Trinajstić information content (AvgIpc) is 2.72. The molecule has 0 aromatic heterocycles. The number of carbonyl (C=O) groups is 1. The van der Waals surface area contributed by atoms with Gasteiger partial charge >= 0.3 is 5.97 Å². The van der Waals surface area contributed by atoms with E-state index in [-0.39, 0.29) is 5.92 Å². The van der Waals surface area contributed by atoms with Crippen molar-refractivity contribution in [2.24, 2.45) is 29.6 Å². The van der Waals surface area contributed by atoms with Gasteiger partial charge in [0.05, 0.1) is 5.92 Å². The van der Waals surface area contributed by atoms with Crippen LogP contribution in [-0.4, -0.2) is 11.1 Å². The number of aliphatic carboxylic acids is 1. The second-order valence-corrected chi connectivity index (χ2v) is 4.98. The summed E-state index contributed by atoms with van der Waals surface area (Å²) in [5.41, 5.74) is 0. The van der Waals surface area contributed by atoms with Crippen LogP contribution in [-0.2, 0) is 4.79 Å². The van der Waals surface area contributed by atoms with Crippen molar-refractivity contribution >= 4 is 5.97 Å². The molecule has 0 radical (unpaired) electrons. The van der Waals surface area contributed by atoms with Gasteiger partial charge in [-0.2, -0.15) is 0 Å². The van der Waals surface area contributed by atoms with Crippen LogP contribution in [0, 0.1) is 29.6 Å². The van der Waals surface area contributed by atoms with Gasteiger partial charge in [-0.05, 0) is 36.5 Å². The van der Waals surface area contributed by atoms with Crippen LogP contribution in [0.4, 0.5) is 0 Å². The molecule has 2 aliphatic rings. The Hall–Kier alpha value is -0.530. The number of fused-ring (bicyclic) bond motifs is 2. The molecule has 2 fully saturated rings. The quantitative estimate of drug-likeness (QED) is 0.753. The van der Waals surface area contributed by atoms with Gasteiger partial charge in [-0.15, -0.1) is 0 Å². The lowest BCUT2D eigenvalue weighted by Crippen LogP contribution is -2.31. The standard InChI is InChI=1S/C12H20O2/c1-3-8-7-5-10(9(8)4-2)11(6-7)12(13)14/h7-11H,3-6H2,1-2H3,(H,13,14). The van der Waals surface area contributed by atoms with E-state index in [0.717, 1.165) is 18.3 Å². The Balaban J connectivity index is 2.14. The Morgan fingerprint density at radius 2 is 1.86 bits per heavy atom. The zero-order valence-corrected chi connectivity index (χ0v) is 9.07. The maximum Gasteiger partial charge on any atom is 0.306 e. The molecule has 0 aromatic rings. The summed E-state index contributed by atoms with van der Waals surface area (Å²) >= 11 is 0. The van der Waals surface area contributed by atoms with Crippen molar-refractivity contribution in [3.05, 3.63) is 0 Å². The van der Waals surface area contributed by atoms with Crippen molar-refractivity contribution in [2.45, 2.75) is 39.5 Å². The van der Waals surface area contributed by atoms with Crippen LogP contribution in [0.3, 0.4) is 0 Å². The first-order valence-corrected chi connectivity index (χ1v) is 5.91. The Morgan fingerprint density at radius 1 is 1.21 bits per heavy atom. The number of carboxylic acids is 1. The molecule has 80 valence electrons. The second kappa shape index (κ2) is 3.56. The predicted octanol–water partition coefficient (Wildman–Crippen LogP) is 2.78. The van der Waals surface area contributed by atoms with Gasteiger partial charge in [0.25, 0.3) is 0 Å². The third-order valence-corrected chi connectivity index (χ3v) is 4.61. The highest BCUT2D eigenvalue weighted by atomic mass is 16.4. The van der Waals surface area contributed by atoms with Crippen LogP contribution >= 0.6 is 0 Å². The van der Waals surface area contributed by atoms with E-state index in [1.165, 1.54) is 19.3 Å². The van der Waals surface area contributed by atoms with Crippen molar-refractivity contribution in [1.82, 2.24) is 0 Å². The van der Waals surface area contributed by atoms with E-state index < -0.39 is 5.97 Å². The molecule has 5 atom stereocenters. The zero-order valence-electron chi connectivity index (χ0n) is 9.07. The second-order valence-electron chi connectivity index (χ2n) is 4.98. The van der Waals surface area contributed by atoms with Crippen LogP contribution in [0.25, 0.3) is 0 Å². The minimum Gasteiger partial charge on any atom is -0.481 e. The normalized spacial score (nSPS) is 45.7. The van der Waals surface area contributed by atoms with Crippen LogP contribution in [0.5, 0.6) is 0 Å². The van der Waals surface area contributed by atoms with E-state index in [9.17, 15) is 4.79 Å². The molecular formula is C12H20O2. The summed E-state index contributed by atoms with van der Waals surface area (Å²) < 4.78 is 0. The Bertz CT molecular complexity index is 236. The molecular weight excluding hydrogens is 176 g/mol. The Labute approximate surface area is 85.7 Å². The largest absolute Gasteiger partial charge is 0.481 e. The molecule has 0 amide bonds. The first-order valence-electron chi connectivity index (χ1n) is 5.91. The third kappa shape index (κ3) is 1.27. The van der Waals surface area contributed by atoms with Crippen molar-refractivity contribution in [3.8, 4) is 0 Å². The zero-order chi connectivity index (χ0) is 10.3. The lowest BCUT2D eigenvalue weighted by molar-refractivity contribution is -0.144. The Kier molecular flexibility index (Phi) is 2.54. The fourth-order valence-corrected chi connectivity index (χ4v) is 4.13. The van der Waals surface area contributed by atoms with Gasteiger partial charge in [-0.25, -0.2) is 0 Å². The van der Waals surface area contributed by atoms with E-state index >= 15 is 0 Å². The minimum atomic E-state index is -0.550. The van der Waals surface area contributed by atoms with E-state index in [1.54, 1.807) is 0 Å². The molecule has 14 heavy (non-hydrogen) atoms. The smallest absolute Gasteiger partial charge is 0.306 e. The van der Waals surface area contributed by atoms with Crippen LogP contribution in [0.15, 0.2) is 0 Å². The molecule has 0 saturated heterocycles. The monoisotopic (exact) mass is 196 g/mol. The maximum atomic E-state index is 11.0. The molecule has 1 N–H and O–H groups in total. The summed E-state index contributed by atoms with van der Waals surface area (Å²) in [7, 11) is 0. The summed E-state index contributed by atoms with van der Waals surface area (Å²) in [5, 5.41) is 9.11. The van der Waals surface area contributed by atoms with Gasteiger partial charge < -0.3 is 5.11 Å². The van der Waals surface area contributed by atoms with Crippen LogP contribution < -0.4 is 0 Å². The van der Waals surface area contributed by atoms with Crippen molar-refractivity contribution in [2.75, 3.05) is 0 Å². The van der Waals surface area contributed by atoms with E-state index in [2.05, 4.69) is 13.8 Å². The number of rotatable bonds is 3. The summed E-state index contributed by atoms with van der Waals surface area (Å²) in [5.74, 6) is 2.15. The molecule has 2 saturated carbocycles. The Morgan fingerprint density at radius 3 is 2.36 bits per heavy atom. The van der Waals surface area contributed by atoms with Crippen molar-refractivity contribution in [3.63, 3.8) is 0 Å². The van der Waals surface area contributed by atoms with Gasteiger partial charge in [0, 0.05) is 0 Å². The molecule has 2 nitrogen and oxygen atoms in total. The highest BCUT2D eigenvalue weighted by molar-refractivity contribution is 5.71. The first kappa shape index (κ1) is 10.0. The molecule has 0 heterocycles. The van der Waals surface area contributed by atoms with Gasteiger partial charge in [0.15, 0.2) is 0 Å². The molecule has 0 spiro atoms.